The van der Waals surface area contributed by atoms with Crippen LogP contribution in [-0.4, -0.2) is 58.1 Å². The third-order valence-corrected chi connectivity index (χ3v) is 11.2. The summed E-state index contributed by atoms with van der Waals surface area (Å²) >= 11 is 0. The predicted molar refractivity (Wildman–Crippen MR) is 237 cm³/mol. The van der Waals surface area contributed by atoms with E-state index in [0.717, 1.165) is 39.1 Å². The van der Waals surface area contributed by atoms with Crippen molar-refractivity contribution in [2.24, 2.45) is 11.8 Å². The van der Waals surface area contributed by atoms with E-state index in [0.29, 0.717) is 17.7 Å². The highest BCUT2D eigenvalue weighted by Gasteiger charge is 2.32. The summed E-state index contributed by atoms with van der Waals surface area (Å²) in [6.45, 7) is -0.297. The smallest absolute Gasteiger partial charge is 0.307 e. The first-order valence-electron chi connectivity index (χ1n) is 20.9. The van der Waals surface area contributed by atoms with E-state index in [1.807, 2.05) is 127 Å². The fraction of sp³-hybridized carbons (Fsp3) is 0.231. The van der Waals surface area contributed by atoms with Crippen LogP contribution in [0.5, 0.6) is 5.75 Å². The molecule has 62 heavy (non-hydrogen) atoms. The lowest BCUT2D eigenvalue weighted by atomic mass is 9.90. The molecule has 1 aromatic heterocycles. The van der Waals surface area contributed by atoms with Gasteiger partial charge in [-0.25, -0.2) is 0 Å². The molecule has 2 aliphatic rings. The number of rotatable bonds is 10. The lowest BCUT2D eigenvalue weighted by Crippen LogP contribution is -2.54. The van der Waals surface area contributed by atoms with E-state index >= 15 is 0 Å². The van der Waals surface area contributed by atoms with Gasteiger partial charge in [-0.1, -0.05) is 127 Å². The van der Waals surface area contributed by atoms with Crippen molar-refractivity contribution < 1.29 is 33.8 Å². The normalized spacial score (nSPS) is 19.0. The highest BCUT2D eigenvalue weighted by Crippen LogP contribution is 2.24. The molecule has 3 heterocycles. The monoisotopic (exact) mass is 827 g/mol. The Morgan fingerprint density at radius 3 is 1.87 bits per heavy atom. The van der Waals surface area contributed by atoms with E-state index < -0.39 is 47.5 Å². The van der Waals surface area contributed by atoms with Crippen LogP contribution in [0.1, 0.15) is 41.5 Å². The van der Waals surface area contributed by atoms with Gasteiger partial charge in [0.1, 0.15) is 18.4 Å². The molecular weight excluding hydrogens is 779 g/mol. The molecule has 2 aliphatic heterocycles. The van der Waals surface area contributed by atoms with Crippen LogP contribution in [-0.2, 0) is 49.7 Å². The van der Waals surface area contributed by atoms with E-state index in [4.69, 9.17) is 4.74 Å². The Bertz CT molecular complexity index is 2440. The Kier molecular flexibility index (Phi) is 14.4. The number of benzene rings is 5. The standard InChI is InChI=1S/C52H49N3O7/c56-44-32-42(29-36-16-23-41(24-17-36)46-13-7-8-28-53-46)50(58)55-48(31-38-14-21-40(22-15-38)39-11-5-2-6-12-39)51(59)54-47(27-20-35-9-3-1-4-10-35)49(57)33-43(52(60)61)30-37-18-25-45(26-19-37)62-34-44/h1-19,21-26,28,42-43,47-48H,20,27,29-34H2,(H,54,59)(H,55,58)(H,60,61)/t42-,43-,47+,48-/m1/s1. The zero-order chi connectivity index (χ0) is 43.3. The van der Waals surface area contributed by atoms with Gasteiger partial charge in [-0.15, -0.1) is 0 Å². The number of carbonyl (C=O) groups is 5. The summed E-state index contributed by atoms with van der Waals surface area (Å²) in [6, 6.07) is 45.0. The number of aromatic nitrogens is 1. The summed E-state index contributed by atoms with van der Waals surface area (Å²) in [7, 11) is 0. The summed E-state index contributed by atoms with van der Waals surface area (Å²) < 4.78 is 5.84. The maximum Gasteiger partial charge on any atom is 0.307 e. The van der Waals surface area contributed by atoms with Crippen molar-refractivity contribution in [3.05, 3.63) is 180 Å². The van der Waals surface area contributed by atoms with Gasteiger partial charge >= 0.3 is 5.97 Å². The molecule has 2 bridgehead atoms. The van der Waals surface area contributed by atoms with Crippen LogP contribution in [0, 0.1) is 11.8 Å². The number of aryl methyl sites for hydroxylation is 1. The van der Waals surface area contributed by atoms with Gasteiger partial charge in [0.05, 0.1) is 17.7 Å². The highest BCUT2D eigenvalue weighted by atomic mass is 16.5. The van der Waals surface area contributed by atoms with Gasteiger partial charge < -0.3 is 20.5 Å². The number of carbonyl (C=O) groups excluding carboxylic acids is 4. The largest absolute Gasteiger partial charge is 0.486 e. The zero-order valence-corrected chi connectivity index (χ0v) is 34.3. The number of ether oxygens (including phenoxy) is 1. The third kappa shape index (κ3) is 12.0. The molecule has 314 valence electrons. The van der Waals surface area contributed by atoms with E-state index in [1.165, 1.54) is 0 Å². The van der Waals surface area contributed by atoms with Crippen molar-refractivity contribution in [2.45, 2.75) is 57.0 Å². The molecular formula is C52H49N3O7. The van der Waals surface area contributed by atoms with Gasteiger partial charge in [-0.3, -0.25) is 29.0 Å². The maximum absolute atomic E-state index is 14.6. The minimum atomic E-state index is -1.15. The number of Topliss-reactive ketones (excluding diaryl/α,β-unsaturated/α-hetero) is 2. The van der Waals surface area contributed by atoms with Crippen LogP contribution >= 0.6 is 0 Å². The molecule has 2 amide bonds. The molecule has 3 N–H and O–H groups in total. The number of ketones is 2. The van der Waals surface area contributed by atoms with E-state index in [1.54, 1.807) is 30.5 Å². The van der Waals surface area contributed by atoms with E-state index in [9.17, 15) is 29.1 Å². The van der Waals surface area contributed by atoms with Crippen molar-refractivity contribution in [2.75, 3.05) is 6.61 Å². The van der Waals surface area contributed by atoms with Gasteiger partial charge in [0.2, 0.25) is 11.8 Å². The fourth-order valence-corrected chi connectivity index (χ4v) is 7.76. The van der Waals surface area contributed by atoms with Crippen LogP contribution in [0.15, 0.2) is 158 Å². The molecule has 4 atom stereocenters. The number of pyridine rings is 1. The fourth-order valence-electron chi connectivity index (χ4n) is 7.76. The molecule has 0 saturated heterocycles. The second kappa shape index (κ2) is 20.9. The summed E-state index contributed by atoms with van der Waals surface area (Å²) in [5.41, 5.74) is 6.90. The third-order valence-electron chi connectivity index (χ3n) is 11.2. The minimum Gasteiger partial charge on any atom is -0.486 e. The summed E-state index contributed by atoms with van der Waals surface area (Å²) in [5, 5.41) is 16.2. The molecule has 0 unspecified atom stereocenters. The van der Waals surface area contributed by atoms with Crippen LogP contribution in [0.4, 0.5) is 0 Å². The van der Waals surface area contributed by atoms with E-state index in [-0.39, 0.29) is 50.9 Å². The number of nitrogens with one attached hydrogen (secondary N) is 2. The molecule has 0 saturated carbocycles. The Balaban J connectivity index is 1.21. The maximum atomic E-state index is 14.6. The quantitative estimate of drug-likeness (QED) is 0.127. The molecule has 0 spiro atoms. The average molecular weight is 828 g/mol. The summed E-state index contributed by atoms with van der Waals surface area (Å²) in [5.74, 6) is -4.50. The first kappa shape index (κ1) is 42.9. The van der Waals surface area contributed by atoms with Gasteiger partial charge in [0.25, 0.3) is 0 Å². The lowest BCUT2D eigenvalue weighted by Gasteiger charge is -2.26. The van der Waals surface area contributed by atoms with Gasteiger partial charge in [-0.05, 0) is 83.3 Å². The summed E-state index contributed by atoms with van der Waals surface area (Å²) in [4.78, 5) is 73.8. The SMILES string of the molecule is O=C1COc2ccc(cc2)C[C@@H](C(=O)O)CC(=O)[C@H](CCc2ccccc2)NC(=O)[C@@H](Cc2ccc(-c3ccccc3)cc2)NC(=O)[C@H](Cc2ccc(-c3ccccn3)cc2)C1. The molecule has 0 fully saturated rings. The topological polar surface area (TPSA) is 152 Å². The Labute approximate surface area is 361 Å². The first-order valence-corrected chi connectivity index (χ1v) is 20.9. The van der Waals surface area contributed by atoms with Crippen LogP contribution in [0.3, 0.4) is 0 Å². The second-order valence-electron chi connectivity index (χ2n) is 15.8. The lowest BCUT2D eigenvalue weighted by molar-refractivity contribution is -0.144. The van der Waals surface area contributed by atoms with E-state index in [2.05, 4.69) is 15.6 Å². The number of hydrogen-bond donors (Lipinski definition) is 3. The number of amides is 2. The molecule has 8 rings (SSSR count). The van der Waals surface area contributed by atoms with Gasteiger partial charge in [-0.2, -0.15) is 0 Å². The number of carboxylic acids is 1. The molecule has 10 heteroatoms. The van der Waals surface area contributed by atoms with Crippen LogP contribution < -0.4 is 15.4 Å². The number of carboxylic acid groups (broad SMARTS) is 1. The first-order chi connectivity index (χ1) is 30.2. The molecule has 0 aliphatic carbocycles. The van der Waals surface area contributed by atoms with Crippen molar-refractivity contribution in [1.29, 1.82) is 0 Å². The predicted octanol–water partition coefficient (Wildman–Crippen LogP) is 7.67. The minimum absolute atomic E-state index is 0.0712. The van der Waals surface area contributed by atoms with Gasteiger partial charge in [0.15, 0.2) is 11.6 Å². The number of nitrogens with zero attached hydrogens (tertiary/aromatic N) is 1. The Morgan fingerprint density at radius 1 is 0.597 bits per heavy atom. The van der Waals surface area contributed by atoms with Crippen molar-refractivity contribution in [1.82, 2.24) is 15.6 Å². The number of aliphatic carboxylic acids is 1. The molecule has 0 radical (unpaired) electrons. The Morgan fingerprint density at radius 2 is 1.21 bits per heavy atom. The zero-order valence-electron chi connectivity index (χ0n) is 34.3. The molecule has 10 nitrogen and oxygen atoms in total. The van der Waals surface area contributed by atoms with Crippen molar-refractivity contribution in [3.63, 3.8) is 0 Å². The molecule has 6 aromatic rings. The van der Waals surface area contributed by atoms with Crippen molar-refractivity contribution in [3.8, 4) is 28.1 Å². The van der Waals surface area contributed by atoms with Gasteiger partial charge in [0, 0.05) is 36.9 Å². The second-order valence-corrected chi connectivity index (χ2v) is 15.8. The van der Waals surface area contributed by atoms with Crippen molar-refractivity contribution >= 4 is 29.4 Å². The summed E-state index contributed by atoms with van der Waals surface area (Å²) in [6.07, 6.45) is 2.25. The number of fused-ring (bicyclic) bond motifs is 16. The average Bonchev–Trinajstić information content (AvgIpc) is 3.30. The highest BCUT2D eigenvalue weighted by molar-refractivity contribution is 5.95. The van der Waals surface area contributed by atoms with Crippen LogP contribution in [0.25, 0.3) is 22.4 Å². The Hall–Kier alpha value is -7.20. The van der Waals surface area contributed by atoms with Crippen LogP contribution in [0.2, 0.25) is 0 Å². The molecule has 5 aromatic carbocycles. The number of hydrogen-bond acceptors (Lipinski definition) is 7.